The van der Waals surface area contributed by atoms with Crippen LogP contribution in [0.2, 0.25) is 0 Å². The second kappa shape index (κ2) is 4.22. The van der Waals surface area contributed by atoms with Crippen molar-refractivity contribution in [2.75, 3.05) is 0 Å². The molecule has 2 rings (SSSR count). The third-order valence-electron chi connectivity index (χ3n) is 2.94. The van der Waals surface area contributed by atoms with E-state index in [9.17, 15) is 9.18 Å². The number of nitrogens with two attached hydrogens (primary N) is 1. The third kappa shape index (κ3) is 1.93. The van der Waals surface area contributed by atoms with E-state index in [0.717, 1.165) is 17.5 Å². The molecule has 4 heteroatoms. The van der Waals surface area contributed by atoms with Crippen molar-refractivity contribution in [3.63, 3.8) is 0 Å². The van der Waals surface area contributed by atoms with Crippen LogP contribution in [0.4, 0.5) is 4.39 Å². The molecule has 3 nitrogen and oxygen atoms in total. The van der Waals surface area contributed by atoms with E-state index in [1.165, 1.54) is 6.07 Å². The van der Waals surface area contributed by atoms with Gasteiger partial charge in [-0.2, -0.15) is 0 Å². The number of benzene rings is 1. The van der Waals surface area contributed by atoms with E-state index in [4.69, 9.17) is 5.73 Å². The summed E-state index contributed by atoms with van der Waals surface area (Å²) in [7, 11) is 0. The van der Waals surface area contributed by atoms with E-state index in [1.807, 2.05) is 6.07 Å². The molecule has 0 heterocycles. The molecule has 1 amide bonds. The highest BCUT2D eigenvalue weighted by atomic mass is 19.1. The zero-order chi connectivity index (χ0) is 11.7. The zero-order valence-corrected chi connectivity index (χ0v) is 9.16. The van der Waals surface area contributed by atoms with Gasteiger partial charge in [0.05, 0.1) is 12.1 Å². The van der Waals surface area contributed by atoms with Gasteiger partial charge < -0.3 is 11.1 Å². The summed E-state index contributed by atoms with van der Waals surface area (Å²) in [4.78, 5) is 11.5. The SMILES string of the molecule is C[C@@H](N)C(=O)NC1CCc2c(F)cccc21. The number of halogens is 1. The fraction of sp³-hybridized carbons (Fsp3) is 0.417. The van der Waals surface area contributed by atoms with Gasteiger partial charge in [-0.15, -0.1) is 0 Å². The molecule has 0 aliphatic heterocycles. The first kappa shape index (κ1) is 11.1. The standard InChI is InChI=1S/C12H15FN2O/c1-7(14)12(16)15-11-6-5-8-9(11)3-2-4-10(8)13/h2-4,7,11H,5-6,14H2,1H3,(H,15,16)/t7-,11?/m1/s1. The minimum atomic E-state index is -0.530. The number of amides is 1. The number of carbonyl (C=O) groups is 1. The van der Waals surface area contributed by atoms with Crippen LogP contribution < -0.4 is 11.1 Å². The smallest absolute Gasteiger partial charge is 0.237 e. The Labute approximate surface area is 93.8 Å². The molecular formula is C12H15FN2O. The molecule has 1 aliphatic carbocycles. The maximum absolute atomic E-state index is 13.4. The van der Waals surface area contributed by atoms with Crippen molar-refractivity contribution >= 4 is 5.91 Å². The van der Waals surface area contributed by atoms with Crippen LogP contribution in [0.5, 0.6) is 0 Å². The Balaban J connectivity index is 2.18. The van der Waals surface area contributed by atoms with E-state index in [2.05, 4.69) is 5.32 Å². The van der Waals surface area contributed by atoms with Gasteiger partial charge in [-0.25, -0.2) is 4.39 Å². The molecule has 2 atom stereocenters. The van der Waals surface area contributed by atoms with Crippen LogP contribution in [0, 0.1) is 5.82 Å². The molecule has 1 aromatic carbocycles. The average molecular weight is 222 g/mol. The van der Waals surface area contributed by atoms with Crippen LogP contribution in [-0.2, 0) is 11.2 Å². The van der Waals surface area contributed by atoms with Crippen molar-refractivity contribution < 1.29 is 9.18 Å². The highest BCUT2D eigenvalue weighted by Gasteiger charge is 2.26. The summed E-state index contributed by atoms with van der Waals surface area (Å²) in [6, 6.07) is 4.36. The molecule has 86 valence electrons. The van der Waals surface area contributed by atoms with Gasteiger partial charge in [-0.3, -0.25) is 4.79 Å². The lowest BCUT2D eigenvalue weighted by atomic mass is 10.1. The van der Waals surface area contributed by atoms with Gasteiger partial charge in [0.25, 0.3) is 0 Å². The van der Waals surface area contributed by atoms with Crippen molar-refractivity contribution in [3.05, 3.63) is 35.1 Å². The minimum absolute atomic E-state index is 0.0933. The third-order valence-corrected chi connectivity index (χ3v) is 2.94. The van der Waals surface area contributed by atoms with Crippen molar-refractivity contribution in [1.29, 1.82) is 0 Å². The molecule has 0 fully saturated rings. The summed E-state index contributed by atoms with van der Waals surface area (Å²) in [6.07, 6.45) is 1.42. The Morgan fingerprint density at radius 1 is 1.62 bits per heavy atom. The summed E-state index contributed by atoms with van der Waals surface area (Å²) in [5, 5.41) is 2.83. The van der Waals surface area contributed by atoms with E-state index < -0.39 is 6.04 Å². The van der Waals surface area contributed by atoms with Gasteiger partial charge in [0.1, 0.15) is 5.82 Å². The Kier molecular flexibility index (Phi) is 2.92. The molecule has 1 aromatic rings. The van der Waals surface area contributed by atoms with Crippen molar-refractivity contribution in [1.82, 2.24) is 5.32 Å². The second-order valence-electron chi connectivity index (χ2n) is 4.20. The molecule has 3 N–H and O–H groups in total. The molecule has 0 bridgehead atoms. The summed E-state index contributed by atoms with van der Waals surface area (Å²) < 4.78 is 13.4. The quantitative estimate of drug-likeness (QED) is 0.792. The predicted molar refractivity (Wildman–Crippen MR) is 59.3 cm³/mol. The Morgan fingerprint density at radius 3 is 3.06 bits per heavy atom. The first-order valence-electron chi connectivity index (χ1n) is 5.43. The van der Waals surface area contributed by atoms with Gasteiger partial charge in [0, 0.05) is 0 Å². The van der Waals surface area contributed by atoms with E-state index in [1.54, 1.807) is 13.0 Å². The monoisotopic (exact) mass is 222 g/mol. The van der Waals surface area contributed by atoms with Crippen LogP contribution in [0.25, 0.3) is 0 Å². The highest BCUT2D eigenvalue weighted by molar-refractivity contribution is 5.81. The number of carbonyl (C=O) groups excluding carboxylic acids is 1. The van der Waals surface area contributed by atoms with Gasteiger partial charge in [-0.1, -0.05) is 12.1 Å². The Hall–Kier alpha value is -1.42. The molecule has 0 saturated carbocycles. The number of rotatable bonds is 2. The first-order chi connectivity index (χ1) is 7.59. The van der Waals surface area contributed by atoms with Crippen LogP contribution in [-0.4, -0.2) is 11.9 Å². The fourth-order valence-electron chi connectivity index (χ4n) is 2.06. The molecule has 1 unspecified atom stereocenters. The predicted octanol–water partition coefficient (Wildman–Crippen LogP) is 1.28. The molecule has 0 saturated heterocycles. The molecule has 0 spiro atoms. The van der Waals surface area contributed by atoms with Gasteiger partial charge in [-0.05, 0) is 37.0 Å². The van der Waals surface area contributed by atoms with Gasteiger partial charge >= 0.3 is 0 Å². The second-order valence-corrected chi connectivity index (χ2v) is 4.20. The minimum Gasteiger partial charge on any atom is -0.348 e. The maximum Gasteiger partial charge on any atom is 0.237 e. The first-order valence-corrected chi connectivity index (χ1v) is 5.43. The largest absolute Gasteiger partial charge is 0.348 e. The molecule has 0 aromatic heterocycles. The summed E-state index contributed by atoms with van der Waals surface area (Å²) in [6.45, 7) is 1.64. The summed E-state index contributed by atoms with van der Waals surface area (Å²) in [5.41, 5.74) is 7.08. The van der Waals surface area contributed by atoms with E-state index in [0.29, 0.717) is 6.42 Å². The summed E-state index contributed by atoms with van der Waals surface area (Å²) >= 11 is 0. The van der Waals surface area contributed by atoms with E-state index >= 15 is 0 Å². The lowest BCUT2D eigenvalue weighted by molar-refractivity contribution is -0.122. The maximum atomic E-state index is 13.4. The summed E-state index contributed by atoms with van der Waals surface area (Å²) in [5.74, 6) is -0.378. The normalized spacial score (nSPS) is 20.3. The number of hydrogen-bond donors (Lipinski definition) is 2. The Bertz CT molecular complexity index is 417. The van der Waals surface area contributed by atoms with Crippen LogP contribution in [0.1, 0.15) is 30.5 Å². The molecule has 1 aliphatic rings. The van der Waals surface area contributed by atoms with Gasteiger partial charge in [0.15, 0.2) is 0 Å². The fourth-order valence-corrected chi connectivity index (χ4v) is 2.06. The highest BCUT2D eigenvalue weighted by Crippen LogP contribution is 2.32. The lowest BCUT2D eigenvalue weighted by Gasteiger charge is -2.15. The van der Waals surface area contributed by atoms with Crippen LogP contribution in [0.15, 0.2) is 18.2 Å². The van der Waals surface area contributed by atoms with Crippen molar-refractivity contribution in [3.8, 4) is 0 Å². The van der Waals surface area contributed by atoms with Crippen molar-refractivity contribution in [2.45, 2.75) is 31.8 Å². The zero-order valence-electron chi connectivity index (χ0n) is 9.16. The molecule has 16 heavy (non-hydrogen) atoms. The molecular weight excluding hydrogens is 207 g/mol. The average Bonchev–Trinajstić information content (AvgIpc) is 2.63. The van der Waals surface area contributed by atoms with Crippen LogP contribution >= 0.6 is 0 Å². The molecule has 0 radical (unpaired) electrons. The lowest BCUT2D eigenvalue weighted by Crippen LogP contribution is -2.39. The van der Waals surface area contributed by atoms with Crippen molar-refractivity contribution in [2.24, 2.45) is 5.73 Å². The topological polar surface area (TPSA) is 55.1 Å². The van der Waals surface area contributed by atoms with E-state index in [-0.39, 0.29) is 17.8 Å². The number of nitrogens with one attached hydrogen (secondary N) is 1. The van der Waals surface area contributed by atoms with Gasteiger partial charge in [0.2, 0.25) is 5.91 Å². The number of hydrogen-bond acceptors (Lipinski definition) is 2. The Morgan fingerprint density at radius 2 is 2.38 bits per heavy atom. The number of fused-ring (bicyclic) bond motifs is 1. The van der Waals surface area contributed by atoms with Crippen LogP contribution in [0.3, 0.4) is 0 Å².